The molecule has 3 atom stereocenters. The average molecular weight is 421 g/mol. The standard InChI is InChI=1S/C20H22Cl2N4O2/c1-13(27)25(9-14-2-4-17(21)5-3-14)19-6-15-10-24(11-16(15)7-19)20(28)26-12-18(22)8-23-26/h2-5,8,12,15-16,19H,6-7,9-11H2,1H3/t15-,16+,19-. The predicted molar refractivity (Wildman–Crippen MR) is 107 cm³/mol. The third kappa shape index (κ3) is 3.89. The molecular formula is C20H22Cl2N4O2. The maximum atomic E-state index is 12.6. The zero-order valence-electron chi connectivity index (χ0n) is 15.6. The summed E-state index contributed by atoms with van der Waals surface area (Å²) in [5.41, 5.74) is 1.07. The van der Waals surface area contributed by atoms with Gasteiger partial charge in [0.2, 0.25) is 5.91 Å². The number of carbonyl (C=O) groups is 2. The summed E-state index contributed by atoms with van der Waals surface area (Å²) in [5.74, 6) is 0.901. The molecule has 0 spiro atoms. The summed E-state index contributed by atoms with van der Waals surface area (Å²) in [6.07, 6.45) is 4.83. The van der Waals surface area contributed by atoms with Crippen LogP contribution in [-0.4, -0.2) is 50.6 Å². The molecule has 0 radical (unpaired) electrons. The van der Waals surface area contributed by atoms with E-state index in [9.17, 15) is 9.59 Å². The number of rotatable bonds is 3. The van der Waals surface area contributed by atoms with Gasteiger partial charge in [-0.1, -0.05) is 35.3 Å². The lowest BCUT2D eigenvalue weighted by Crippen LogP contribution is -2.39. The van der Waals surface area contributed by atoms with Crippen molar-refractivity contribution in [1.82, 2.24) is 19.6 Å². The van der Waals surface area contributed by atoms with Crippen LogP contribution < -0.4 is 0 Å². The van der Waals surface area contributed by atoms with E-state index in [1.807, 2.05) is 34.1 Å². The maximum absolute atomic E-state index is 12.6. The first-order valence-corrected chi connectivity index (χ1v) is 10.2. The second-order valence-electron chi connectivity index (χ2n) is 7.71. The van der Waals surface area contributed by atoms with E-state index in [4.69, 9.17) is 23.2 Å². The maximum Gasteiger partial charge on any atom is 0.344 e. The molecular weight excluding hydrogens is 399 g/mol. The van der Waals surface area contributed by atoms with Gasteiger partial charge in [-0.15, -0.1) is 0 Å². The lowest BCUT2D eigenvalue weighted by Gasteiger charge is -2.29. The summed E-state index contributed by atoms with van der Waals surface area (Å²) in [6, 6.07) is 7.70. The van der Waals surface area contributed by atoms with Crippen molar-refractivity contribution in [2.75, 3.05) is 13.1 Å². The number of likely N-dealkylation sites (tertiary alicyclic amines) is 1. The fraction of sp³-hybridized carbons (Fsp3) is 0.450. The Morgan fingerprint density at radius 1 is 1.11 bits per heavy atom. The number of amides is 2. The molecule has 0 unspecified atom stereocenters. The van der Waals surface area contributed by atoms with Gasteiger partial charge in [-0.3, -0.25) is 4.79 Å². The van der Waals surface area contributed by atoms with Gasteiger partial charge in [0.15, 0.2) is 0 Å². The largest absolute Gasteiger partial charge is 0.344 e. The summed E-state index contributed by atoms with van der Waals surface area (Å²) in [4.78, 5) is 28.7. The lowest BCUT2D eigenvalue weighted by atomic mass is 10.0. The van der Waals surface area contributed by atoms with Crippen molar-refractivity contribution >= 4 is 35.1 Å². The van der Waals surface area contributed by atoms with Crippen molar-refractivity contribution in [2.24, 2.45) is 11.8 Å². The molecule has 1 saturated carbocycles. The van der Waals surface area contributed by atoms with Gasteiger partial charge in [0.25, 0.3) is 0 Å². The minimum Gasteiger partial charge on any atom is -0.336 e. The molecule has 1 aromatic carbocycles. The Morgan fingerprint density at radius 2 is 1.75 bits per heavy atom. The SMILES string of the molecule is CC(=O)N(Cc1ccc(Cl)cc1)[C@@H]1C[C@@H]2CN(C(=O)n3cc(Cl)cn3)C[C@@H]2C1. The summed E-state index contributed by atoms with van der Waals surface area (Å²) in [5, 5.41) is 5.15. The van der Waals surface area contributed by atoms with E-state index in [0.717, 1.165) is 18.4 Å². The van der Waals surface area contributed by atoms with Crippen molar-refractivity contribution in [3.63, 3.8) is 0 Å². The molecule has 1 aromatic heterocycles. The van der Waals surface area contributed by atoms with Crippen LogP contribution in [0.3, 0.4) is 0 Å². The van der Waals surface area contributed by atoms with Crippen molar-refractivity contribution < 1.29 is 9.59 Å². The highest BCUT2D eigenvalue weighted by Gasteiger charge is 2.44. The Morgan fingerprint density at radius 3 is 2.29 bits per heavy atom. The molecule has 28 heavy (non-hydrogen) atoms. The first-order valence-electron chi connectivity index (χ1n) is 9.42. The van der Waals surface area contributed by atoms with Gasteiger partial charge >= 0.3 is 6.03 Å². The Bertz CT molecular complexity index is 869. The fourth-order valence-corrected chi connectivity index (χ4v) is 4.78. The van der Waals surface area contributed by atoms with E-state index in [-0.39, 0.29) is 18.0 Å². The van der Waals surface area contributed by atoms with E-state index in [0.29, 0.717) is 41.5 Å². The van der Waals surface area contributed by atoms with Crippen molar-refractivity contribution in [3.8, 4) is 0 Å². The first-order chi connectivity index (χ1) is 13.4. The predicted octanol–water partition coefficient (Wildman–Crippen LogP) is 3.92. The van der Waals surface area contributed by atoms with E-state index in [1.54, 1.807) is 6.92 Å². The van der Waals surface area contributed by atoms with Crippen LogP contribution in [0.25, 0.3) is 0 Å². The van der Waals surface area contributed by atoms with Gasteiger partial charge in [-0.25, -0.2) is 4.79 Å². The molecule has 1 saturated heterocycles. The fourth-order valence-electron chi connectivity index (χ4n) is 4.51. The highest BCUT2D eigenvalue weighted by molar-refractivity contribution is 6.30. The average Bonchev–Trinajstić information content (AvgIpc) is 3.34. The van der Waals surface area contributed by atoms with Gasteiger partial charge in [0.05, 0.1) is 17.4 Å². The Kier molecular flexibility index (Phi) is 5.34. The van der Waals surface area contributed by atoms with Crippen LogP contribution >= 0.6 is 23.2 Å². The van der Waals surface area contributed by atoms with Gasteiger partial charge in [-0.2, -0.15) is 9.78 Å². The normalized spacial score (nSPS) is 23.7. The first kappa shape index (κ1) is 19.3. The van der Waals surface area contributed by atoms with Gasteiger partial charge < -0.3 is 9.80 Å². The number of fused-ring (bicyclic) bond motifs is 1. The number of nitrogens with zero attached hydrogens (tertiary/aromatic N) is 4. The van der Waals surface area contributed by atoms with Crippen molar-refractivity contribution in [3.05, 3.63) is 52.3 Å². The highest BCUT2D eigenvalue weighted by Crippen LogP contribution is 2.41. The van der Waals surface area contributed by atoms with E-state index in [2.05, 4.69) is 5.10 Å². The Balaban J connectivity index is 1.39. The summed E-state index contributed by atoms with van der Waals surface area (Å²) >= 11 is 11.8. The van der Waals surface area contributed by atoms with Crippen LogP contribution in [0, 0.1) is 11.8 Å². The molecule has 2 aromatic rings. The van der Waals surface area contributed by atoms with Crippen LogP contribution in [0.1, 0.15) is 25.3 Å². The molecule has 0 N–H and O–H groups in total. The number of carbonyl (C=O) groups excluding carboxylic acids is 2. The minimum absolute atomic E-state index is 0.0824. The quantitative estimate of drug-likeness (QED) is 0.755. The van der Waals surface area contributed by atoms with Crippen LogP contribution in [0.2, 0.25) is 10.0 Å². The second-order valence-corrected chi connectivity index (χ2v) is 8.58. The van der Waals surface area contributed by atoms with Gasteiger partial charge in [-0.05, 0) is 42.4 Å². The molecule has 2 fully saturated rings. The van der Waals surface area contributed by atoms with Crippen LogP contribution in [-0.2, 0) is 11.3 Å². The van der Waals surface area contributed by atoms with E-state index >= 15 is 0 Å². The second kappa shape index (κ2) is 7.76. The smallest absolute Gasteiger partial charge is 0.336 e. The minimum atomic E-state index is -0.137. The third-order valence-electron chi connectivity index (χ3n) is 5.86. The third-order valence-corrected chi connectivity index (χ3v) is 6.30. The number of halogens is 2. The zero-order valence-corrected chi connectivity index (χ0v) is 17.1. The van der Waals surface area contributed by atoms with Gasteiger partial charge in [0.1, 0.15) is 0 Å². The molecule has 1 aliphatic carbocycles. The van der Waals surface area contributed by atoms with Crippen LogP contribution in [0.4, 0.5) is 4.79 Å². The summed E-state index contributed by atoms with van der Waals surface area (Å²) in [6.45, 7) is 3.61. The monoisotopic (exact) mass is 420 g/mol. The number of benzene rings is 1. The molecule has 2 amide bonds. The molecule has 2 heterocycles. The lowest BCUT2D eigenvalue weighted by molar-refractivity contribution is -0.131. The van der Waals surface area contributed by atoms with E-state index < -0.39 is 0 Å². The molecule has 4 rings (SSSR count). The highest BCUT2D eigenvalue weighted by atomic mass is 35.5. The molecule has 0 bridgehead atoms. The number of hydrogen-bond acceptors (Lipinski definition) is 3. The number of hydrogen-bond donors (Lipinski definition) is 0. The van der Waals surface area contributed by atoms with Crippen molar-refractivity contribution in [1.29, 1.82) is 0 Å². The molecule has 6 nitrogen and oxygen atoms in total. The van der Waals surface area contributed by atoms with Crippen LogP contribution in [0.15, 0.2) is 36.7 Å². The van der Waals surface area contributed by atoms with Crippen molar-refractivity contribution in [2.45, 2.75) is 32.4 Å². The van der Waals surface area contributed by atoms with Gasteiger partial charge in [0, 0.05) is 37.6 Å². The Labute approximate surface area is 174 Å². The zero-order chi connectivity index (χ0) is 19.8. The molecule has 148 valence electrons. The summed E-state index contributed by atoms with van der Waals surface area (Å²) in [7, 11) is 0. The van der Waals surface area contributed by atoms with E-state index in [1.165, 1.54) is 17.1 Å². The topological polar surface area (TPSA) is 58.4 Å². The molecule has 2 aliphatic rings. The Hall–Kier alpha value is -2.05. The molecule has 1 aliphatic heterocycles. The van der Waals surface area contributed by atoms with Crippen LogP contribution in [0.5, 0.6) is 0 Å². The summed E-state index contributed by atoms with van der Waals surface area (Å²) < 4.78 is 1.29. The molecule has 8 heteroatoms. The number of aromatic nitrogens is 2.